The summed E-state index contributed by atoms with van der Waals surface area (Å²) in [5, 5.41) is 4.24. The fourth-order valence-corrected chi connectivity index (χ4v) is 2.97. The number of ether oxygens (including phenoxy) is 1. The molecule has 1 saturated heterocycles. The molecule has 24 heavy (non-hydrogen) atoms. The highest BCUT2D eigenvalue weighted by Gasteiger charge is 2.21. The van der Waals surface area contributed by atoms with Crippen molar-refractivity contribution >= 4 is 5.91 Å². The first-order chi connectivity index (χ1) is 11.6. The summed E-state index contributed by atoms with van der Waals surface area (Å²) in [6, 6.07) is 9.80. The fourth-order valence-electron chi connectivity index (χ4n) is 2.97. The van der Waals surface area contributed by atoms with Crippen molar-refractivity contribution in [1.82, 2.24) is 19.6 Å². The van der Waals surface area contributed by atoms with Gasteiger partial charge in [-0.3, -0.25) is 14.4 Å². The monoisotopic (exact) mass is 328 g/mol. The predicted molar refractivity (Wildman–Crippen MR) is 91.7 cm³/mol. The molecule has 2 heterocycles. The number of benzene rings is 1. The van der Waals surface area contributed by atoms with Crippen LogP contribution in [0.2, 0.25) is 0 Å². The Hall–Kier alpha value is -2.18. The van der Waals surface area contributed by atoms with E-state index in [1.165, 1.54) is 0 Å². The second-order valence-corrected chi connectivity index (χ2v) is 6.36. The van der Waals surface area contributed by atoms with Gasteiger partial charge in [-0.05, 0) is 23.8 Å². The van der Waals surface area contributed by atoms with Gasteiger partial charge in [-0.2, -0.15) is 5.10 Å². The van der Waals surface area contributed by atoms with Crippen molar-refractivity contribution in [2.24, 2.45) is 0 Å². The summed E-state index contributed by atoms with van der Waals surface area (Å²) in [6.45, 7) is 4.09. The lowest BCUT2D eigenvalue weighted by molar-refractivity contribution is -0.0402. The molecule has 1 atom stereocenters. The van der Waals surface area contributed by atoms with E-state index >= 15 is 0 Å². The summed E-state index contributed by atoms with van der Waals surface area (Å²) >= 11 is 0. The zero-order valence-electron chi connectivity index (χ0n) is 14.3. The highest BCUT2D eigenvalue weighted by molar-refractivity contribution is 5.94. The van der Waals surface area contributed by atoms with Gasteiger partial charge in [0.1, 0.15) is 0 Å². The molecule has 0 aliphatic carbocycles. The van der Waals surface area contributed by atoms with E-state index in [1.54, 1.807) is 25.2 Å². The molecule has 6 heteroatoms. The van der Waals surface area contributed by atoms with Crippen LogP contribution < -0.4 is 0 Å². The Kier molecular flexibility index (Phi) is 5.27. The number of morpholine rings is 1. The number of amides is 1. The maximum Gasteiger partial charge on any atom is 0.253 e. The molecule has 0 bridgehead atoms. The average Bonchev–Trinajstić information content (AvgIpc) is 3.07. The van der Waals surface area contributed by atoms with Crippen molar-refractivity contribution in [2.45, 2.75) is 19.2 Å². The minimum absolute atomic E-state index is 0.0374. The summed E-state index contributed by atoms with van der Waals surface area (Å²) in [6.07, 6.45) is 3.89. The minimum Gasteiger partial charge on any atom is -0.374 e. The van der Waals surface area contributed by atoms with Crippen LogP contribution in [0.4, 0.5) is 0 Å². The first-order valence-corrected chi connectivity index (χ1v) is 8.24. The molecule has 1 amide bonds. The maximum absolute atomic E-state index is 12.1. The molecule has 2 aromatic rings. The van der Waals surface area contributed by atoms with Crippen molar-refractivity contribution in [3.63, 3.8) is 0 Å². The Morgan fingerprint density at radius 3 is 3.00 bits per heavy atom. The van der Waals surface area contributed by atoms with Crippen molar-refractivity contribution in [3.8, 4) is 0 Å². The van der Waals surface area contributed by atoms with E-state index in [-0.39, 0.29) is 12.0 Å². The fraction of sp³-hybridized carbons (Fsp3) is 0.444. The number of carbonyl (C=O) groups excluding carboxylic acids is 1. The first kappa shape index (κ1) is 16.7. The molecule has 0 saturated carbocycles. The van der Waals surface area contributed by atoms with Crippen LogP contribution in [0, 0.1) is 0 Å². The van der Waals surface area contributed by atoms with Crippen molar-refractivity contribution in [1.29, 1.82) is 0 Å². The average molecular weight is 328 g/mol. The predicted octanol–water partition coefficient (Wildman–Crippen LogP) is 1.49. The second-order valence-electron chi connectivity index (χ2n) is 6.36. The van der Waals surface area contributed by atoms with Gasteiger partial charge in [0, 0.05) is 51.7 Å². The van der Waals surface area contributed by atoms with Crippen molar-refractivity contribution in [2.75, 3.05) is 33.8 Å². The summed E-state index contributed by atoms with van der Waals surface area (Å²) in [5.74, 6) is 0.0374. The van der Waals surface area contributed by atoms with Gasteiger partial charge >= 0.3 is 0 Å². The van der Waals surface area contributed by atoms with Gasteiger partial charge in [-0.25, -0.2) is 0 Å². The molecule has 6 nitrogen and oxygen atoms in total. The van der Waals surface area contributed by atoms with Crippen LogP contribution in [0.1, 0.15) is 15.9 Å². The lowest BCUT2D eigenvalue weighted by Gasteiger charge is -2.33. The molecule has 1 aromatic carbocycles. The van der Waals surface area contributed by atoms with E-state index in [4.69, 9.17) is 4.74 Å². The number of hydrogen-bond donors (Lipinski definition) is 0. The SMILES string of the molecule is CN(C)C(=O)c1cccc(CN2CCO[C@H](Cn3cccn3)C2)c1. The minimum atomic E-state index is 0.0374. The molecular weight excluding hydrogens is 304 g/mol. The highest BCUT2D eigenvalue weighted by Crippen LogP contribution is 2.14. The molecule has 0 spiro atoms. The molecule has 0 radical (unpaired) electrons. The van der Waals surface area contributed by atoms with E-state index in [9.17, 15) is 4.79 Å². The van der Waals surface area contributed by atoms with E-state index in [2.05, 4.69) is 16.1 Å². The van der Waals surface area contributed by atoms with Gasteiger partial charge in [0.2, 0.25) is 0 Å². The molecule has 0 N–H and O–H groups in total. The Morgan fingerprint density at radius 1 is 1.38 bits per heavy atom. The Balaban J connectivity index is 1.61. The molecule has 1 aliphatic rings. The van der Waals surface area contributed by atoms with Gasteiger partial charge in [0.15, 0.2) is 0 Å². The smallest absolute Gasteiger partial charge is 0.253 e. The van der Waals surface area contributed by atoms with E-state index in [1.807, 2.05) is 35.1 Å². The number of hydrogen-bond acceptors (Lipinski definition) is 4. The number of nitrogens with zero attached hydrogens (tertiary/aromatic N) is 4. The largest absolute Gasteiger partial charge is 0.374 e. The Bertz CT molecular complexity index is 669. The Labute approximate surface area is 142 Å². The molecule has 1 aliphatic heterocycles. The van der Waals surface area contributed by atoms with Crippen LogP contribution >= 0.6 is 0 Å². The van der Waals surface area contributed by atoms with Crippen LogP contribution in [0.3, 0.4) is 0 Å². The van der Waals surface area contributed by atoms with E-state index in [0.29, 0.717) is 0 Å². The van der Waals surface area contributed by atoms with Crippen LogP contribution in [-0.4, -0.2) is 65.4 Å². The van der Waals surface area contributed by atoms with Gasteiger partial charge in [0.05, 0.1) is 19.3 Å². The van der Waals surface area contributed by atoms with Crippen LogP contribution in [-0.2, 0) is 17.8 Å². The van der Waals surface area contributed by atoms with Crippen LogP contribution in [0.15, 0.2) is 42.7 Å². The molecule has 128 valence electrons. The zero-order valence-corrected chi connectivity index (χ0v) is 14.3. The molecule has 3 rings (SSSR count). The molecule has 0 unspecified atom stereocenters. The van der Waals surface area contributed by atoms with Crippen molar-refractivity contribution < 1.29 is 9.53 Å². The third-order valence-electron chi connectivity index (χ3n) is 4.16. The van der Waals surface area contributed by atoms with Gasteiger partial charge < -0.3 is 9.64 Å². The van der Waals surface area contributed by atoms with Gasteiger partial charge in [0.25, 0.3) is 5.91 Å². The lowest BCUT2D eigenvalue weighted by atomic mass is 10.1. The van der Waals surface area contributed by atoms with Crippen molar-refractivity contribution in [3.05, 3.63) is 53.9 Å². The van der Waals surface area contributed by atoms with Gasteiger partial charge in [-0.1, -0.05) is 12.1 Å². The summed E-state index contributed by atoms with van der Waals surface area (Å²) < 4.78 is 7.76. The molecule has 1 aromatic heterocycles. The normalized spacial score (nSPS) is 18.5. The van der Waals surface area contributed by atoms with Crippen LogP contribution in [0.25, 0.3) is 0 Å². The first-order valence-electron chi connectivity index (χ1n) is 8.24. The highest BCUT2D eigenvalue weighted by atomic mass is 16.5. The van der Waals surface area contributed by atoms with E-state index < -0.39 is 0 Å². The Morgan fingerprint density at radius 2 is 2.25 bits per heavy atom. The lowest BCUT2D eigenvalue weighted by Crippen LogP contribution is -2.43. The van der Waals surface area contributed by atoms with Gasteiger partial charge in [-0.15, -0.1) is 0 Å². The topological polar surface area (TPSA) is 50.6 Å². The number of carbonyl (C=O) groups is 1. The summed E-state index contributed by atoms with van der Waals surface area (Å²) in [7, 11) is 3.55. The third kappa shape index (κ3) is 4.21. The summed E-state index contributed by atoms with van der Waals surface area (Å²) in [5.41, 5.74) is 1.89. The second kappa shape index (κ2) is 7.59. The quantitative estimate of drug-likeness (QED) is 0.834. The number of aromatic nitrogens is 2. The molecular formula is C18H24N4O2. The van der Waals surface area contributed by atoms with E-state index in [0.717, 1.165) is 43.9 Å². The summed E-state index contributed by atoms with van der Waals surface area (Å²) in [4.78, 5) is 16.1. The third-order valence-corrected chi connectivity index (χ3v) is 4.16. The molecule has 1 fully saturated rings. The maximum atomic E-state index is 12.1. The van der Waals surface area contributed by atoms with Crippen LogP contribution in [0.5, 0.6) is 0 Å². The number of rotatable bonds is 5. The zero-order chi connectivity index (χ0) is 16.9. The standard InChI is InChI=1S/C18H24N4O2/c1-20(2)18(23)16-6-3-5-15(11-16)12-21-9-10-24-17(13-21)14-22-8-4-7-19-22/h3-8,11,17H,9-10,12-14H2,1-2H3/t17-/m0/s1.